The van der Waals surface area contributed by atoms with Crippen LogP contribution in [0.3, 0.4) is 0 Å². The summed E-state index contributed by atoms with van der Waals surface area (Å²) in [5.74, 6) is 7.10. The van der Waals surface area contributed by atoms with Crippen molar-refractivity contribution in [3.8, 4) is 113 Å². The molecule has 10 aromatic heterocycles. The molecule has 10 heterocycles. The third kappa shape index (κ3) is 12.2. The molecular formula is C115H70O10. The number of benzene rings is 15. The van der Waals surface area contributed by atoms with Crippen LogP contribution in [-0.2, 0) is 32.1 Å². The van der Waals surface area contributed by atoms with E-state index in [4.69, 9.17) is 44.2 Å². The Labute approximate surface area is 714 Å². The van der Waals surface area contributed by atoms with Gasteiger partial charge in [-0.25, -0.2) is 0 Å². The Morgan fingerprint density at radius 1 is 0.112 bits per heavy atom. The van der Waals surface area contributed by atoms with Crippen molar-refractivity contribution in [1.29, 1.82) is 0 Å². The molecule has 10 aliphatic carbocycles. The smallest absolute Gasteiger partial charge is 0.135 e. The average molecular weight is 1610 g/mol. The highest BCUT2D eigenvalue weighted by Crippen LogP contribution is 2.50. The molecule has 10 bridgehead atoms. The van der Waals surface area contributed by atoms with Crippen LogP contribution in [0.25, 0.3) is 223 Å². The summed E-state index contributed by atoms with van der Waals surface area (Å²) in [6, 6.07) is 128. The van der Waals surface area contributed by atoms with Gasteiger partial charge in [0.2, 0.25) is 0 Å². The average Bonchev–Trinajstić information content (AvgIpc) is 1.70. The van der Waals surface area contributed by atoms with E-state index >= 15 is 0 Å². The number of hydrogen-bond donors (Lipinski definition) is 0. The second-order valence-corrected chi connectivity index (χ2v) is 33.2. The second-order valence-electron chi connectivity index (χ2n) is 33.2. The molecule has 0 spiro atoms. The molecule has 10 aliphatic rings. The molecule has 0 N–H and O–H groups in total. The number of para-hydroxylation sites is 10. The van der Waals surface area contributed by atoms with Gasteiger partial charge in [-0.15, -0.1) is 0 Å². The largest absolute Gasteiger partial charge is 0.456 e. The van der Waals surface area contributed by atoms with Crippen molar-refractivity contribution in [2.45, 2.75) is 32.1 Å². The molecule has 0 radical (unpaired) electrons. The van der Waals surface area contributed by atoms with Crippen LogP contribution in [0.15, 0.2) is 408 Å². The molecule has 0 aliphatic heterocycles. The van der Waals surface area contributed by atoms with E-state index in [0.29, 0.717) is 89.7 Å². The van der Waals surface area contributed by atoms with E-state index in [1.165, 1.54) is 0 Å². The third-order valence-electron chi connectivity index (χ3n) is 25.5. The minimum atomic E-state index is 0.385. The molecule has 0 fully saturated rings. The van der Waals surface area contributed by atoms with E-state index in [1.807, 2.05) is 121 Å². The van der Waals surface area contributed by atoms with Gasteiger partial charge in [0.05, 0.1) is 0 Å². The van der Waals surface area contributed by atoms with Crippen molar-refractivity contribution in [2.24, 2.45) is 0 Å². The molecule has 590 valence electrons. The molecular weight excluding hydrogens is 1540 g/mol. The third-order valence-corrected chi connectivity index (χ3v) is 25.5. The summed E-state index contributed by atoms with van der Waals surface area (Å²) in [6.07, 6.45) is 1.92. The van der Waals surface area contributed by atoms with Crippen LogP contribution in [-0.4, -0.2) is 0 Å². The summed E-state index contributed by atoms with van der Waals surface area (Å²) < 4.78 is 72.4. The van der Waals surface area contributed by atoms with Crippen LogP contribution in [0.4, 0.5) is 0 Å². The molecule has 25 aromatic rings. The minimum absolute atomic E-state index is 0.385. The first-order valence-electron chi connectivity index (χ1n) is 42.4. The summed E-state index contributed by atoms with van der Waals surface area (Å²) in [4.78, 5) is 0. The fourth-order valence-electron chi connectivity index (χ4n) is 19.4. The quantitative estimate of drug-likeness (QED) is 0.130. The Morgan fingerprint density at radius 3 is 0.304 bits per heavy atom. The highest BCUT2D eigenvalue weighted by molar-refractivity contribution is 5.96. The Hall–Kier alpha value is -16.3. The summed E-state index contributed by atoms with van der Waals surface area (Å²) >= 11 is 0. The fourth-order valence-corrected chi connectivity index (χ4v) is 19.4. The molecule has 35 rings (SSSR count). The minimum Gasteiger partial charge on any atom is -0.456 e. The zero-order valence-electron chi connectivity index (χ0n) is 67.3. The molecule has 10 nitrogen and oxygen atoms in total. The van der Waals surface area contributed by atoms with E-state index in [2.05, 4.69) is 243 Å². The van der Waals surface area contributed by atoms with E-state index in [9.17, 15) is 0 Å². The summed E-state index contributed by atoms with van der Waals surface area (Å²) in [6.45, 7) is 0. The van der Waals surface area contributed by atoms with E-state index in [-0.39, 0.29) is 0 Å². The second kappa shape index (κ2) is 28.2. The highest BCUT2D eigenvalue weighted by Gasteiger charge is 2.31. The lowest BCUT2D eigenvalue weighted by molar-refractivity contribution is 0.626. The molecule has 125 heavy (non-hydrogen) atoms. The Balaban J connectivity index is 0.821. The lowest BCUT2D eigenvalue weighted by Gasteiger charge is -2.20. The zero-order valence-corrected chi connectivity index (χ0v) is 67.3. The number of hydrogen-bond acceptors (Lipinski definition) is 10. The van der Waals surface area contributed by atoms with Crippen molar-refractivity contribution in [3.05, 3.63) is 420 Å². The van der Waals surface area contributed by atoms with Crippen molar-refractivity contribution in [3.63, 3.8) is 0 Å². The van der Waals surface area contributed by atoms with Gasteiger partial charge < -0.3 is 44.2 Å². The summed E-state index contributed by atoms with van der Waals surface area (Å²) in [5.41, 5.74) is 26.6. The lowest BCUT2D eigenvalue weighted by Crippen LogP contribution is -2.04. The predicted octanol–water partition coefficient (Wildman–Crippen LogP) is 32.1. The zero-order chi connectivity index (χ0) is 81.9. The van der Waals surface area contributed by atoms with Gasteiger partial charge in [-0.3, -0.25) is 0 Å². The van der Waals surface area contributed by atoms with Crippen LogP contribution in [0, 0.1) is 0 Å². The van der Waals surface area contributed by atoms with Crippen molar-refractivity contribution >= 4 is 110 Å². The summed E-state index contributed by atoms with van der Waals surface area (Å²) in [7, 11) is 0. The number of rotatable bonds is 10. The topological polar surface area (TPSA) is 131 Å². The van der Waals surface area contributed by atoms with Crippen LogP contribution >= 0.6 is 0 Å². The summed E-state index contributed by atoms with van der Waals surface area (Å²) in [5, 5.41) is 9.78. The highest BCUT2D eigenvalue weighted by atomic mass is 16.4. The fraction of sp³-hybridized carbons (Fsp3) is 0.0435. The Kier molecular flexibility index (Phi) is 15.9. The maximum absolute atomic E-state index is 7.24. The van der Waals surface area contributed by atoms with Crippen molar-refractivity contribution in [2.75, 3.05) is 0 Å². The Bertz CT molecular complexity index is 6690. The van der Waals surface area contributed by atoms with Gasteiger partial charge in [-0.1, -0.05) is 182 Å². The van der Waals surface area contributed by atoms with Gasteiger partial charge in [0, 0.05) is 109 Å². The van der Waals surface area contributed by atoms with E-state index in [0.717, 1.165) is 221 Å². The van der Waals surface area contributed by atoms with Gasteiger partial charge >= 0.3 is 0 Å². The Morgan fingerprint density at radius 2 is 0.208 bits per heavy atom. The first kappa shape index (κ1) is 70.5. The molecule has 0 atom stereocenters. The molecule has 10 heteroatoms. The first-order chi connectivity index (χ1) is 61.7. The standard InChI is InChI=1S/C115H70O10/c1-11-31-96-66(21-1)56-106(116-96)86-46-77-42-79-49-91(111-61-71-26-6-16-36-101(71)121-111)81(51-90(79)110-60-70-25-5-15-35-100(70)120-110)44-83-53-95(115-65-75-30-10-20-40-105(75)125-115)85(55-94(83)114-64-74-29-9-19-39-104(74)124-114)45-84-54-92(112-62-72-27-7-17-37-102(72)122-112)82(52-93(84)113-63-73-28-8-18-38-103(73)123-113)43-80-50-88(108-58-68-23-3-13-33-98(68)118-108)78(48-89(80)109-59-69-24-4-14-34-99(69)119-109)41-76(86)47-87(77)107-57-67-22-2-12-32-97(67)117-107/h1-40,46-65H,41-45H2. The lowest BCUT2D eigenvalue weighted by atomic mass is 9.84. The van der Waals surface area contributed by atoms with Gasteiger partial charge in [0.15, 0.2) is 0 Å². The monoisotopic (exact) mass is 1610 g/mol. The normalized spacial score (nSPS) is 12.6. The van der Waals surface area contributed by atoms with E-state index in [1.54, 1.807) is 0 Å². The van der Waals surface area contributed by atoms with Crippen LogP contribution in [0.1, 0.15) is 55.6 Å². The molecule has 15 aromatic carbocycles. The van der Waals surface area contributed by atoms with Crippen LogP contribution in [0.2, 0.25) is 0 Å². The molecule has 0 unspecified atom stereocenters. The predicted molar refractivity (Wildman–Crippen MR) is 498 cm³/mol. The molecule has 0 saturated carbocycles. The van der Waals surface area contributed by atoms with Gasteiger partial charge in [-0.2, -0.15) is 0 Å². The number of fused-ring (bicyclic) bond motifs is 10. The number of furan rings is 10. The van der Waals surface area contributed by atoms with Crippen molar-refractivity contribution < 1.29 is 44.2 Å². The van der Waals surface area contributed by atoms with Gasteiger partial charge in [0.25, 0.3) is 0 Å². The SMILES string of the molecule is c1ccc2oc(-c3cc4c(-c5cc6ccccc6o5)cc3Cc3cc(-c5cc6ccccc6o5)c(cc3-c3cc5ccccc5o3)Cc3cc(-c5cc6ccccc6o5)c(cc3-c3cc5ccccc5o3)Cc3cc(-c5cc6ccccc6o5)c(cc3-c3cc5ccccc5o3)Cc3cc(-c5cc6ccccc6o5)c(cc3-c3cc5ccccc5o3)C4)cc2c1. The van der Waals surface area contributed by atoms with Crippen molar-refractivity contribution in [1.82, 2.24) is 0 Å². The van der Waals surface area contributed by atoms with Gasteiger partial charge in [-0.05, 0) is 270 Å². The van der Waals surface area contributed by atoms with E-state index < -0.39 is 0 Å². The van der Waals surface area contributed by atoms with Gasteiger partial charge in [0.1, 0.15) is 113 Å². The maximum atomic E-state index is 7.24. The van der Waals surface area contributed by atoms with Crippen LogP contribution < -0.4 is 0 Å². The maximum Gasteiger partial charge on any atom is 0.135 e. The van der Waals surface area contributed by atoms with Crippen LogP contribution in [0.5, 0.6) is 0 Å². The molecule has 0 saturated heterocycles. The first-order valence-corrected chi connectivity index (χ1v) is 42.4. The molecule has 0 amide bonds.